The van der Waals surface area contributed by atoms with Crippen LogP contribution in [0.15, 0.2) is 18.2 Å². The van der Waals surface area contributed by atoms with Crippen LogP contribution in [0.4, 0.5) is 4.39 Å². The summed E-state index contributed by atoms with van der Waals surface area (Å²) in [6.45, 7) is 1.76. The summed E-state index contributed by atoms with van der Waals surface area (Å²) in [5.74, 6) is -1.87. The van der Waals surface area contributed by atoms with E-state index in [4.69, 9.17) is 9.84 Å². The maximum absolute atomic E-state index is 13.8. The largest absolute Gasteiger partial charge is 0.481 e. The third-order valence-electron chi connectivity index (χ3n) is 2.41. The number of benzene rings is 1. The van der Waals surface area contributed by atoms with Crippen LogP contribution >= 0.6 is 0 Å². The summed E-state index contributed by atoms with van der Waals surface area (Å²) in [6.07, 6.45) is 0.193. The van der Waals surface area contributed by atoms with Gasteiger partial charge < -0.3 is 9.84 Å². The lowest BCUT2D eigenvalue weighted by molar-refractivity contribution is -0.141. The maximum Gasteiger partial charge on any atom is 0.306 e. The normalized spacial score (nSPS) is 12.4. The molecule has 0 fully saturated rings. The van der Waals surface area contributed by atoms with Gasteiger partial charge in [0.2, 0.25) is 0 Å². The highest BCUT2D eigenvalue weighted by Gasteiger charge is 2.15. The highest BCUT2D eigenvalue weighted by molar-refractivity contribution is 5.69. The molecule has 88 valence electrons. The number of aliphatic carboxylic acids is 1. The standard InChI is InChI=1S/C12H15FO3/c1-8(12(14)15)6-9-4-3-5-10(7-16-2)11(9)13/h3-5,8H,6-7H2,1-2H3,(H,14,15). The molecule has 1 unspecified atom stereocenters. The first kappa shape index (κ1) is 12.6. The Morgan fingerprint density at radius 2 is 2.12 bits per heavy atom. The van der Waals surface area contributed by atoms with E-state index in [1.165, 1.54) is 7.11 Å². The topological polar surface area (TPSA) is 46.5 Å². The van der Waals surface area contributed by atoms with Crippen LogP contribution in [-0.4, -0.2) is 18.2 Å². The molecule has 0 amide bonds. The van der Waals surface area contributed by atoms with Gasteiger partial charge in [0, 0.05) is 12.7 Å². The monoisotopic (exact) mass is 226 g/mol. The molecule has 0 bridgehead atoms. The van der Waals surface area contributed by atoms with Gasteiger partial charge in [-0.05, 0) is 12.0 Å². The zero-order valence-corrected chi connectivity index (χ0v) is 9.37. The molecule has 4 heteroatoms. The quantitative estimate of drug-likeness (QED) is 0.837. The number of methoxy groups -OCH3 is 1. The zero-order valence-electron chi connectivity index (χ0n) is 9.37. The average Bonchev–Trinajstić information content (AvgIpc) is 2.24. The Bertz CT molecular complexity index is 377. The number of rotatable bonds is 5. The Morgan fingerprint density at radius 3 is 2.69 bits per heavy atom. The van der Waals surface area contributed by atoms with Gasteiger partial charge in [0.25, 0.3) is 0 Å². The Morgan fingerprint density at radius 1 is 1.50 bits per heavy atom. The molecule has 0 aliphatic carbocycles. The van der Waals surface area contributed by atoms with Crippen molar-refractivity contribution in [3.8, 4) is 0 Å². The number of halogens is 1. The molecule has 1 aromatic rings. The maximum atomic E-state index is 13.8. The number of carboxylic acids is 1. The van der Waals surface area contributed by atoms with Gasteiger partial charge >= 0.3 is 5.97 Å². The molecule has 16 heavy (non-hydrogen) atoms. The van der Waals surface area contributed by atoms with E-state index in [9.17, 15) is 9.18 Å². The molecule has 0 spiro atoms. The van der Waals surface area contributed by atoms with Crippen molar-refractivity contribution in [3.63, 3.8) is 0 Å². The second kappa shape index (κ2) is 5.61. The number of carboxylic acid groups (broad SMARTS) is 1. The van der Waals surface area contributed by atoms with Gasteiger partial charge in [0.15, 0.2) is 0 Å². The van der Waals surface area contributed by atoms with Gasteiger partial charge in [-0.2, -0.15) is 0 Å². The van der Waals surface area contributed by atoms with Gasteiger partial charge in [0.05, 0.1) is 12.5 Å². The van der Waals surface area contributed by atoms with Gasteiger partial charge in [-0.1, -0.05) is 25.1 Å². The lowest BCUT2D eigenvalue weighted by atomic mass is 9.99. The Balaban J connectivity index is 2.88. The minimum absolute atomic E-state index is 0.193. The van der Waals surface area contributed by atoms with Crippen molar-refractivity contribution in [1.82, 2.24) is 0 Å². The van der Waals surface area contributed by atoms with E-state index in [1.54, 1.807) is 25.1 Å². The SMILES string of the molecule is COCc1cccc(CC(C)C(=O)O)c1F. The summed E-state index contributed by atoms with van der Waals surface area (Å²) in [5.41, 5.74) is 0.877. The molecule has 0 radical (unpaired) electrons. The van der Waals surface area contributed by atoms with Crippen molar-refractivity contribution in [2.24, 2.45) is 5.92 Å². The molecule has 0 aliphatic rings. The Labute approximate surface area is 93.9 Å². The molecular formula is C12H15FO3. The minimum Gasteiger partial charge on any atom is -0.481 e. The second-order valence-corrected chi connectivity index (χ2v) is 3.77. The van der Waals surface area contributed by atoms with Crippen molar-refractivity contribution in [1.29, 1.82) is 0 Å². The van der Waals surface area contributed by atoms with Crippen LogP contribution in [-0.2, 0) is 22.6 Å². The molecule has 0 heterocycles. The predicted molar refractivity (Wildman–Crippen MR) is 57.6 cm³/mol. The van der Waals surface area contributed by atoms with E-state index < -0.39 is 11.9 Å². The van der Waals surface area contributed by atoms with Crippen LogP contribution in [0, 0.1) is 11.7 Å². The van der Waals surface area contributed by atoms with E-state index in [1.807, 2.05) is 0 Å². The third-order valence-corrected chi connectivity index (χ3v) is 2.41. The molecule has 1 atom stereocenters. The van der Waals surface area contributed by atoms with Crippen LogP contribution in [0.3, 0.4) is 0 Å². The van der Waals surface area contributed by atoms with E-state index in [0.717, 1.165) is 0 Å². The summed E-state index contributed by atoms with van der Waals surface area (Å²) in [6, 6.07) is 4.95. The van der Waals surface area contributed by atoms with Crippen molar-refractivity contribution in [2.75, 3.05) is 7.11 Å². The van der Waals surface area contributed by atoms with Crippen LogP contribution < -0.4 is 0 Å². The van der Waals surface area contributed by atoms with Crippen LogP contribution in [0.1, 0.15) is 18.1 Å². The smallest absolute Gasteiger partial charge is 0.306 e. The van der Waals surface area contributed by atoms with E-state index >= 15 is 0 Å². The number of ether oxygens (including phenoxy) is 1. The molecular weight excluding hydrogens is 211 g/mol. The molecule has 0 aromatic heterocycles. The fraction of sp³-hybridized carbons (Fsp3) is 0.417. The minimum atomic E-state index is -0.920. The summed E-state index contributed by atoms with van der Waals surface area (Å²) in [5, 5.41) is 8.76. The van der Waals surface area contributed by atoms with Crippen molar-refractivity contribution < 1.29 is 19.0 Å². The van der Waals surface area contributed by atoms with Crippen molar-refractivity contribution >= 4 is 5.97 Å². The van der Waals surface area contributed by atoms with Gasteiger partial charge in [0.1, 0.15) is 5.82 Å². The van der Waals surface area contributed by atoms with Crippen molar-refractivity contribution in [3.05, 3.63) is 35.1 Å². The molecule has 1 aromatic carbocycles. The number of hydrogen-bond acceptors (Lipinski definition) is 2. The first-order valence-electron chi connectivity index (χ1n) is 5.04. The molecule has 0 aliphatic heterocycles. The summed E-state index contributed by atoms with van der Waals surface area (Å²) in [7, 11) is 1.49. The van der Waals surface area contributed by atoms with Crippen molar-refractivity contribution in [2.45, 2.75) is 20.0 Å². The summed E-state index contributed by atoms with van der Waals surface area (Å²) in [4.78, 5) is 10.7. The first-order chi connectivity index (χ1) is 7.56. The highest BCUT2D eigenvalue weighted by Crippen LogP contribution is 2.17. The fourth-order valence-corrected chi connectivity index (χ4v) is 1.47. The van der Waals surface area contributed by atoms with Crippen LogP contribution in [0.2, 0.25) is 0 Å². The summed E-state index contributed by atoms with van der Waals surface area (Å²) >= 11 is 0. The van der Waals surface area contributed by atoms with Crippen LogP contribution in [0.5, 0.6) is 0 Å². The summed E-state index contributed by atoms with van der Waals surface area (Å²) < 4.78 is 18.7. The number of carbonyl (C=O) groups is 1. The third kappa shape index (κ3) is 3.03. The lowest BCUT2D eigenvalue weighted by Crippen LogP contribution is -2.13. The molecule has 0 saturated carbocycles. The Kier molecular flexibility index (Phi) is 4.43. The predicted octanol–water partition coefficient (Wildman–Crippen LogP) is 2.24. The zero-order chi connectivity index (χ0) is 12.1. The lowest BCUT2D eigenvalue weighted by Gasteiger charge is -2.10. The second-order valence-electron chi connectivity index (χ2n) is 3.77. The number of hydrogen-bond donors (Lipinski definition) is 1. The Hall–Kier alpha value is -1.42. The fourth-order valence-electron chi connectivity index (χ4n) is 1.47. The molecule has 1 N–H and O–H groups in total. The average molecular weight is 226 g/mol. The van der Waals surface area contributed by atoms with Gasteiger partial charge in [-0.25, -0.2) is 4.39 Å². The highest BCUT2D eigenvalue weighted by atomic mass is 19.1. The van der Waals surface area contributed by atoms with Crippen LogP contribution in [0.25, 0.3) is 0 Å². The van der Waals surface area contributed by atoms with Gasteiger partial charge in [-0.15, -0.1) is 0 Å². The molecule has 0 saturated heterocycles. The molecule has 3 nitrogen and oxygen atoms in total. The molecule has 1 rings (SSSR count). The van der Waals surface area contributed by atoms with E-state index in [0.29, 0.717) is 11.1 Å². The first-order valence-corrected chi connectivity index (χ1v) is 5.04. The van der Waals surface area contributed by atoms with E-state index in [-0.39, 0.29) is 18.8 Å². The van der Waals surface area contributed by atoms with Gasteiger partial charge in [-0.3, -0.25) is 4.79 Å². The van der Waals surface area contributed by atoms with E-state index in [2.05, 4.69) is 0 Å².